The second kappa shape index (κ2) is 8.24. The highest BCUT2D eigenvalue weighted by Gasteiger charge is 2.21. The number of amides is 1. The van der Waals surface area contributed by atoms with Crippen LogP contribution in [0.2, 0.25) is 0 Å². The monoisotopic (exact) mass is 395 g/mol. The molecule has 6 nitrogen and oxygen atoms in total. The van der Waals surface area contributed by atoms with Crippen LogP contribution in [0.25, 0.3) is 10.1 Å². The molecule has 0 atom stereocenters. The topological polar surface area (TPSA) is 61.4 Å². The third-order valence-corrected chi connectivity index (χ3v) is 5.94. The number of fused-ring (bicyclic) bond motifs is 1. The molecule has 0 saturated carbocycles. The van der Waals surface area contributed by atoms with Crippen LogP contribution in [-0.4, -0.2) is 52.9 Å². The molecule has 1 aromatic carbocycles. The quantitative estimate of drug-likeness (QED) is 0.718. The van der Waals surface area contributed by atoms with Gasteiger partial charge in [0.15, 0.2) is 0 Å². The van der Waals surface area contributed by atoms with Gasteiger partial charge in [0.1, 0.15) is 5.82 Å². The lowest BCUT2D eigenvalue weighted by molar-refractivity contribution is -0.114. The van der Waals surface area contributed by atoms with Gasteiger partial charge in [0, 0.05) is 57.1 Å². The summed E-state index contributed by atoms with van der Waals surface area (Å²) in [4.78, 5) is 20.9. The zero-order valence-electron chi connectivity index (χ0n) is 16.3. The average molecular weight is 396 g/mol. The Balaban J connectivity index is 1.36. The van der Waals surface area contributed by atoms with Gasteiger partial charge in [-0.25, -0.2) is 0 Å². The summed E-state index contributed by atoms with van der Waals surface area (Å²) in [6.07, 6.45) is 0.830. The Labute approximate surface area is 169 Å². The van der Waals surface area contributed by atoms with Crippen LogP contribution in [0.4, 0.5) is 11.5 Å². The number of hydrogen-bond donors (Lipinski definition) is 1. The van der Waals surface area contributed by atoms with E-state index in [0.717, 1.165) is 62.0 Å². The lowest BCUT2D eigenvalue weighted by Crippen LogP contribution is -2.47. The van der Waals surface area contributed by atoms with Gasteiger partial charge in [0.25, 0.3) is 0 Å². The van der Waals surface area contributed by atoms with Crippen molar-refractivity contribution < 1.29 is 4.79 Å². The highest BCUT2D eigenvalue weighted by Crippen LogP contribution is 2.29. The lowest BCUT2D eigenvalue weighted by Gasteiger charge is -2.35. The fraction of sp³-hybridized carbons (Fsp3) is 0.381. The van der Waals surface area contributed by atoms with E-state index in [-0.39, 0.29) is 5.91 Å². The number of anilines is 2. The van der Waals surface area contributed by atoms with E-state index in [1.165, 1.54) is 17.0 Å². The van der Waals surface area contributed by atoms with E-state index >= 15 is 0 Å². The molecule has 3 heterocycles. The smallest absolute Gasteiger partial charge is 0.221 e. The van der Waals surface area contributed by atoms with E-state index in [9.17, 15) is 4.79 Å². The molecule has 1 saturated heterocycles. The summed E-state index contributed by atoms with van der Waals surface area (Å²) in [6, 6.07) is 12.3. The number of pyridine rings is 1. The van der Waals surface area contributed by atoms with Crippen molar-refractivity contribution in [2.75, 3.05) is 42.9 Å². The molecule has 0 unspecified atom stereocenters. The van der Waals surface area contributed by atoms with Gasteiger partial charge < -0.3 is 10.2 Å². The maximum atomic E-state index is 11.4. The number of aryl methyl sites for hydroxylation is 1. The standard InChI is InChI=1S/C21H25N5OS/c1-15-7-8-18(23-16(2)27)19(22-15)9-10-25-11-13-26(14-12-25)21-17-5-3-4-6-20(17)28-24-21/h3-8H,9-14H2,1-2H3,(H,23,27). The molecule has 2 aromatic heterocycles. The zero-order chi connectivity index (χ0) is 19.5. The van der Waals surface area contributed by atoms with E-state index in [4.69, 9.17) is 0 Å². The summed E-state index contributed by atoms with van der Waals surface area (Å²) in [5, 5.41) is 4.15. The predicted molar refractivity (Wildman–Crippen MR) is 115 cm³/mol. The number of carbonyl (C=O) groups is 1. The summed E-state index contributed by atoms with van der Waals surface area (Å²) in [5.74, 6) is 1.06. The molecule has 1 aliphatic rings. The number of benzene rings is 1. The van der Waals surface area contributed by atoms with Crippen LogP contribution in [0, 0.1) is 6.92 Å². The number of carbonyl (C=O) groups excluding carboxylic acids is 1. The highest BCUT2D eigenvalue weighted by molar-refractivity contribution is 7.13. The highest BCUT2D eigenvalue weighted by atomic mass is 32.1. The maximum Gasteiger partial charge on any atom is 0.221 e. The van der Waals surface area contributed by atoms with Crippen LogP contribution < -0.4 is 10.2 Å². The van der Waals surface area contributed by atoms with Gasteiger partial charge in [0.05, 0.1) is 16.1 Å². The van der Waals surface area contributed by atoms with Crippen LogP contribution in [-0.2, 0) is 11.2 Å². The lowest BCUT2D eigenvalue weighted by atomic mass is 10.2. The van der Waals surface area contributed by atoms with Gasteiger partial charge in [-0.2, -0.15) is 4.37 Å². The first kappa shape index (κ1) is 18.8. The SMILES string of the molecule is CC(=O)Nc1ccc(C)nc1CCN1CCN(c2nsc3ccccc23)CC1. The molecular formula is C21H25N5OS. The molecule has 146 valence electrons. The predicted octanol–water partition coefficient (Wildman–Crippen LogP) is 3.32. The molecule has 1 amide bonds. The Kier molecular flexibility index (Phi) is 5.54. The Hall–Kier alpha value is -2.51. The molecule has 0 spiro atoms. The second-order valence-electron chi connectivity index (χ2n) is 7.21. The molecule has 0 aliphatic carbocycles. The molecule has 0 radical (unpaired) electrons. The van der Waals surface area contributed by atoms with Gasteiger partial charge in [-0.05, 0) is 42.7 Å². The fourth-order valence-electron chi connectivity index (χ4n) is 3.65. The van der Waals surface area contributed by atoms with E-state index in [1.54, 1.807) is 11.5 Å². The first-order valence-corrected chi connectivity index (χ1v) is 10.4. The van der Waals surface area contributed by atoms with Crippen LogP contribution in [0.5, 0.6) is 0 Å². The second-order valence-corrected chi connectivity index (χ2v) is 8.01. The molecule has 28 heavy (non-hydrogen) atoms. The van der Waals surface area contributed by atoms with E-state index in [2.05, 4.69) is 48.7 Å². The minimum atomic E-state index is -0.0593. The van der Waals surface area contributed by atoms with Crippen molar-refractivity contribution >= 4 is 39.0 Å². The van der Waals surface area contributed by atoms with E-state index in [1.807, 2.05) is 19.1 Å². The minimum absolute atomic E-state index is 0.0593. The normalized spacial score (nSPS) is 15.1. The van der Waals surface area contributed by atoms with Crippen molar-refractivity contribution in [3.63, 3.8) is 0 Å². The number of hydrogen-bond acceptors (Lipinski definition) is 6. The van der Waals surface area contributed by atoms with E-state index < -0.39 is 0 Å². The van der Waals surface area contributed by atoms with Crippen molar-refractivity contribution in [3.8, 4) is 0 Å². The molecular weight excluding hydrogens is 370 g/mol. The molecule has 0 bridgehead atoms. The Morgan fingerprint density at radius 1 is 1.14 bits per heavy atom. The van der Waals surface area contributed by atoms with E-state index in [0.29, 0.717) is 0 Å². The van der Waals surface area contributed by atoms with Crippen LogP contribution in [0.1, 0.15) is 18.3 Å². The largest absolute Gasteiger partial charge is 0.353 e. The van der Waals surface area contributed by atoms with Gasteiger partial charge in [-0.15, -0.1) is 0 Å². The molecule has 3 aromatic rings. The van der Waals surface area contributed by atoms with Crippen molar-refractivity contribution in [1.29, 1.82) is 0 Å². The number of nitrogens with zero attached hydrogens (tertiary/aromatic N) is 4. The summed E-state index contributed by atoms with van der Waals surface area (Å²) >= 11 is 1.58. The average Bonchev–Trinajstić information content (AvgIpc) is 3.12. The van der Waals surface area contributed by atoms with Crippen LogP contribution in [0.15, 0.2) is 36.4 Å². The minimum Gasteiger partial charge on any atom is -0.353 e. The van der Waals surface area contributed by atoms with Crippen molar-refractivity contribution in [2.24, 2.45) is 0 Å². The summed E-state index contributed by atoms with van der Waals surface area (Å²) < 4.78 is 5.93. The maximum absolute atomic E-state index is 11.4. The van der Waals surface area contributed by atoms with Crippen LogP contribution in [0.3, 0.4) is 0 Å². The Morgan fingerprint density at radius 2 is 1.93 bits per heavy atom. The number of aromatic nitrogens is 2. The number of nitrogens with one attached hydrogen (secondary N) is 1. The van der Waals surface area contributed by atoms with Crippen molar-refractivity contribution in [1.82, 2.24) is 14.3 Å². The Morgan fingerprint density at radius 3 is 2.71 bits per heavy atom. The zero-order valence-corrected chi connectivity index (χ0v) is 17.1. The molecule has 1 fully saturated rings. The Bertz CT molecular complexity index is 978. The number of piperazine rings is 1. The molecule has 4 rings (SSSR count). The summed E-state index contributed by atoms with van der Waals surface area (Å²) in [7, 11) is 0. The summed E-state index contributed by atoms with van der Waals surface area (Å²) in [6.45, 7) is 8.43. The molecule has 7 heteroatoms. The third kappa shape index (κ3) is 4.15. The van der Waals surface area contributed by atoms with Crippen LogP contribution >= 0.6 is 11.5 Å². The molecule has 1 aliphatic heterocycles. The van der Waals surface area contributed by atoms with Gasteiger partial charge in [-0.1, -0.05) is 12.1 Å². The molecule has 1 N–H and O–H groups in total. The van der Waals surface area contributed by atoms with Gasteiger partial charge in [-0.3, -0.25) is 14.7 Å². The van der Waals surface area contributed by atoms with Gasteiger partial charge in [0.2, 0.25) is 5.91 Å². The van der Waals surface area contributed by atoms with Gasteiger partial charge >= 0.3 is 0 Å². The fourth-order valence-corrected chi connectivity index (χ4v) is 4.45. The third-order valence-electron chi connectivity index (χ3n) is 5.12. The first-order valence-electron chi connectivity index (χ1n) is 9.66. The number of rotatable bonds is 5. The van der Waals surface area contributed by atoms with Crippen molar-refractivity contribution in [3.05, 3.63) is 47.8 Å². The van der Waals surface area contributed by atoms with Crippen molar-refractivity contribution in [2.45, 2.75) is 20.3 Å². The first-order chi connectivity index (χ1) is 13.6. The summed E-state index contributed by atoms with van der Waals surface area (Å²) in [5.41, 5.74) is 2.76.